The fourth-order valence-electron chi connectivity index (χ4n) is 1.75. The van der Waals surface area contributed by atoms with Crippen LogP contribution in [0.5, 0.6) is 0 Å². The molecule has 1 saturated carbocycles. The molecule has 0 aliphatic heterocycles. The zero-order valence-corrected chi connectivity index (χ0v) is 11.5. The van der Waals surface area contributed by atoms with Gasteiger partial charge in [0.2, 0.25) is 5.91 Å². The monoisotopic (exact) mass is 322 g/mol. The molecular formula is C13H11BrN2O3. The molecular weight excluding hydrogens is 312 g/mol. The normalized spacial score (nSPS) is 14.4. The van der Waals surface area contributed by atoms with Crippen LogP contribution in [0.2, 0.25) is 0 Å². The number of fused-ring (bicyclic) bond motifs is 1. The summed E-state index contributed by atoms with van der Waals surface area (Å²) in [5.74, 6) is -0.385. The zero-order chi connectivity index (χ0) is 13.4. The first-order valence-corrected chi connectivity index (χ1v) is 6.72. The minimum atomic E-state index is -0.457. The van der Waals surface area contributed by atoms with E-state index >= 15 is 0 Å². The van der Waals surface area contributed by atoms with Gasteiger partial charge in [-0.25, -0.2) is 0 Å². The van der Waals surface area contributed by atoms with Crippen molar-refractivity contribution in [3.8, 4) is 0 Å². The van der Waals surface area contributed by atoms with Crippen molar-refractivity contribution >= 4 is 38.7 Å². The van der Waals surface area contributed by atoms with Crippen LogP contribution < -0.4 is 10.9 Å². The quantitative estimate of drug-likeness (QED) is 0.834. The molecule has 6 heteroatoms. The molecule has 0 saturated heterocycles. The Morgan fingerprint density at radius 3 is 2.74 bits per heavy atom. The molecule has 0 bridgehead atoms. The highest BCUT2D eigenvalue weighted by atomic mass is 79.9. The SMILES string of the molecule is O=C(NNC(=O)C1CC1)c1cc2cc(Br)ccc2o1. The summed E-state index contributed by atoms with van der Waals surface area (Å²) in [6.07, 6.45) is 1.78. The zero-order valence-electron chi connectivity index (χ0n) is 9.90. The van der Waals surface area contributed by atoms with E-state index in [9.17, 15) is 9.59 Å². The van der Waals surface area contributed by atoms with Gasteiger partial charge in [0.1, 0.15) is 5.58 Å². The average molecular weight is 323 g/mol. The lowest BCUT2D eigenvalue weighted by molar-refractivity contribution is -0.123. The van der Waals surface area contributed by atoms with Crippen molar-refractivity contribution in [2.45, 2.75) is 12.8 Å². The summed E-state index contributed by atoms with van der Waals surface area (Å²) in [6.45, 7) is 0. The van der Waals surface area contributed by atoms with Crippen LogP contribution in [0.3, 0.4) is 0 Å². The Morgan fingerprint density at radius 1 is 1.21 bits per heavy atom. The second-order valence-electron chi connectivity index (χ2n) is 4.51. The number of amides is 2. The Kier molecular flexibility index (Phi) is 3.02. The molecule has 2 amide bonds. The number of hydrazine groups is 1. The third-order valence-electron chi connectivity index (χ3n) is 2.95. The van der Waals surface area contributed by atoms with Crippen LogP contribution in [-0.2, 0) is 4.79 Å². The summed E-state index contributed by atoms with van der Waals surface area (Å²) in [4.78, 5) is 23.2. The largest absolute Gasteiger partial charge is 0.451 e. The van der Waals surface area contributed by atoms with E-state index in [1.165, 1.54) is 0 Å². The van der Waals surface area contributed by atoms with Gasteiger partial charge < -0.3 is 4.42 Å². The van der Waals surface area contributed by atoms with Crippen molar-refractivity contribution in [3.63, 3.8) is 0 Å². The molecule has 1 aromatic carbocycles. The standard InChI is InChI=1S/C13H11BrN2O3/c14-9-3-4-10-8(5-9)6-11(19-10)13(18)16-15-12(17)7-1-2-7/h3-7H,1-2H2,(H,15,17)(H,16,18). The first-order valence-electron chi connectivity index (χ1n) is 5.93. The van der Waals surface area contributed by atoms with E-state index in [4.69, 9.17) is 4.42 Å². The van der Waals surface area contributed by atoms with E-state index in [-0.39, 0.29) is 17.6 Å². The predicted molar refractivity (Wildman–Crippen MR) is 72.2 cm³/mol. The van der Waals surface area contributed by atoms with Crippen molar-refractivity contribution in [1.29, 1.82) is 0 Å². The van der Waals surface area contributed by atoms with E-state index in [1.54, 1.807) is 12.1 Å². The summed E-state index contributed by atoms with van der Waals surface area (Å²) in [7, 11) is 0. The molecule has 2 aromatic rings. The van der Waals surface area contributed by atoms with Gasteiger partial charge in [-0.05, 0) is 37.1 Å². The number of hydrogen-bond acceptors (Lipinski definition) is 3. The highest BCUT2D eigenvalue weighted by Crippen LogP contribution is 2.28. The van der Waals surface area contributed by atoms with Crippen LogP contribution in [0.15, 0.2) is 33.2 Å². The number of rotatable bonds is 2. The van der Waals surface area contributed by atoms with E-state index in [0.717, 1.165) is 22.7 Å². The van der Waals surface area contributed by atoms with Gasteiger partial charge in [0.25, 0.3) is 0 Å². The lowest BCUT2D eigenvalue weighted by atomic mass is 10.2. The molecule has 1 aliphatic rings. The number of furan rings is 1. The third kappa shape index (κ3) is 2.63. The fraction of sp³-hybridized carbons (Fsp3) is 0.231. The molecule has 1 aromatic heterocycles. The molecule has 5 nitrogen and oxygen atoms in total. The second-order valence-corrected chi connectivity index (χ2v) is 5.43. The molecule has 0 atom stereocenters. The van der Waals surface area contributed by atoms with E-state index < -0.39 is 5.91 Å². The van der Waals surface area contributed by atoms with Crippen LogP contribution in [0.25, 0.3) is 11.0 Å². The number of hydrogen-bond donors (Lipinski definition) is 2. The number of carbonyl (C=O) groups is 2. The number of benzene rings is 1. The van der Waals surface area contributed by atoms with Crippen LogP contribution in [0, 0.1) is 5.92 Å². The number of carbonyl (C=O) groups excluding carboxylic acids is 2. The van der Waals surface area contributed by atoms with Gasteiger partial charge in [-0.15, -0.1) is 0 Å². The van der Waals surface area contributed by atoms with Crippen molar-refractivity contribution in [1.82, 2.24) is 10.9 Å². The summed E-state index contributed by atoms with van der Waals surface area (Å²) < 4.78 is 6.32. The van der Waals surface area contributed by atoms with E-state index in [0.29, 0.717) is 5.58 Å². The van der Waals surface area contributed by atoms with Gasteiger partial charge in [-0.3, -0.25) is 20.4 Å². The van der Waals surface area contributed by atoms with Crippen molar-refractivity contribution in [3.05, 3.63) is 34.5 Å². The molecule has 19 heavy (non-hydrogen) atoms. The number of nitrogens with one attached hydrogen (secondary N) is 2. The molecule has 1 aliphatic carbocycles. The fourth-order valence-corrected chi connectivity index (χ4v) is 2.13. The third-order valence-corrected chi connectivity index (χ3v) is 3.44. The summed E-state index contributed by atoms with van der Waals surface area (Å²) in [5.41, 5.74) is 5.37. The molecule has 98 valence electrons. The minimum absolute atomic E-state index is 0.0481. The Labute approximate surface area is 117 Å². The van der Waals surface area contributed by atoms with E-state index in [2.05, 4.69) is 26.8 Å². The molecule has 1 heterocycles. The topological polar surface area (TPSA) is 71.3 Å². The molecule has 0 spiro atoms. The first-order chi connectivity index (χ1) is 9.13. The van der Waals surface area contributed by atoms with Gasteiger partial charge in [-0.2, -0.15) is 0 Å². The highest BCUT2D eigenvalue weighted by molar-refractivity contribution is 9.10. The van der Waals surface area contributed by atoms with Gasteiger partial charge in [-0.1, -0.05) is 15.9 Å². The minimum Gasteiger partial charge on any atom is -0.451 e. The van der Waals surface area contributed by atoms with Gasteiger partial charge in [0, 0.05) is 15.8 Å². The second kappa shape index (κ2) is 4.70. The van der Waals surface area contributed by atoms with Crippen LogP contribution in [0.4, 0.5) is 0 Å². The van der Waals surface area contributed by atoms with Crippen LogP contribution in [-0.4, -0.2) is 11.8 Å². The summed E-state index contributed by atoms with van der Waals surface area (Å²) in [6, 6.07) is 7.11. The Balaban J connectivity index is 1.71. The molecule has 1 fully saturated rings. The predicted octanol–water partition coefficient (Wildman–Crippen LogP) is 2.37. The molecule has 0 radical (unpaired) electrons. The Hall–Kier alpha value is -1.82. The average Bonchev–Trinajstić information content (AvgIpc) is 3.15. The van der Waals surface area contributed by atoms with Crippen LogP contribution >= 0.6 is 15.9 Å². The molecule has 3 rings (SSSR count). The van der Waals surface area contributed by atoms with Gasteiger partial charge >= 0.3 is 5.91 Å². The van der Waals surface area contributed by atoms with Gasteiger partial charge in [0.05, 0.1) is 0 Å². The van der Waals surface area contributed by atoms with Crippen molar-refractivity contribution in [2.24, 2.45) is 5.92 Å². The first kappa shape index (κ1) is 12.2. The molecule has 2 N–H and O–H groups in total. The lowest BCUT2D eigenvalue weighted by Gasteiger charge is -2.03. The molecule has 0 unspecified atom stereocenters. The van der Waals surface area contributed by atoms with E-state index in [1.807, 2.05) is 12.1 Å². The van der Waals surface area contributed by atoms with Crippen molar-refractivity contribution < 1.29 is 14.0 Å². The maximum atomic E-state index is 11.8. The Bertz CT molecular complexity index is 661. The maximum absolute atomic E-state index is 11.8. The lowest BCUT2D eigenvalue weighted by Crippen LogP contribution is -2.42. The number of halogens is 1. The highest BCUT2D eigenvalue weighted by Gasteiger charge is 2.30. The smallest absolute Gasteiger partial charge is 0.305 e. The van der Waals surface area contributed by atoms with Crippen LogP contribution in [0.1, 0.15) is 23.4 Å². The van der Waals surface area contributed by atoms with Gasteiger partial charge in [0.15, 0.2) is 5.76 Å². The summed E-state index contributed by atoms with van der Waals surface area (Å²) in [5, 5.41) is 0.827. The van der Waals surface area contributed by atoms with Crippen molar-refractivity contribution in [2.75, 3.05) is 0 Å². The Morgan fingerprint density at radius 2 is 2.00 bits per heavy atom. The maximum Gasteiger partial charge on any atom is 0.305 e. The summed E-state index contributed by atoms with van der Waals surface area (Å²) >= 11 is 3.35.